The van der Waals surface area contributed by atoms with Gasteiger partial charge in [-0.1, -0.05) is 17.7 Å². The van der Waals surface area contributed by atoms with Gasteiger partial charge in [-0.2, -0.15) is 9.40 Å². The zero-order valence-corrected chi connectivity index (χ0v) is 18.3. The fraction of sp³-hybridized carbons (Fsp3) is 0.222. The maximum atomic E-state index is 12.8. The van der Waals surface area contributed by atoms with Crippen molar-refractivity contribution in [3.05, 3.63) is 68.8 Å². The Kier molecular flexibility index (Phi) is 5.79. The van der Waals surface area contributed by atoms with Crippen molar-refractivity contribution in [2.24, 2.45) is 0 Å². The van der Waals surface area contributed by atoms with E-state index >= 15 is 0 Å². The molecular formula is C18H16ClN5O5S2. The number of piperazine rings is 1. The first-order valence-electron chi connectivity index (χ1n) is 9.11. The molecule has 10 nitrogen and oxygen atoms in total. The minimum Gasteiger partial charge on any atom is -0.335 e. The number of halogens is 1. The smallest absolute Gasteiger partial charge is 0.274 e. The summed E-state index contributed by atoms with van der Waals surface area (Å²) in [6, 6.07) is 10.5. The average molecular weight is 482 g/mol. The number of hydrogen-bond acceptors (Lipinski definition) is 7. The molecule has 1 aliphatic heterocycles. The average Bonchev–Trinajstić information content (AvgIpc) is 3.43. The third-order valence-electron chi connectivity index (χ3n) is 4.78. The minimum atomic E-state index is -3.64. The van der Waals surface area contributed by atoms with Gasteiger partial charge in [0.05, 0.1) is 14.9 Å². The molecule has 31 heavy (non-hydrogen) atoms. The van der Waals surface area contributed by atoms with Crippen LogP contribution < -0.4 is 0 Å². The lowest BCUT2D eigenvalue weighted by Gasteiger charge is -2.33. The fourth-order valence-electron chi connectivity index (χ4n) is 3.19. The largest absolute Gasteiger partial charge is 0.335 e. The van der Waals surface area contributed by atoms with Crippen LogP contribution in [0.2, 0.25) is 4.34 Å². The molecule has 1 fully saturated rings. The highest BCUT2D eigenvalue weighted by Gasteiger charge is 2.32. The molecule has 0 saturated carbocycles. The molecule has 162 valence electrons. The predicted octanol–water partition coefficient (Wildman–Crippen LogP) is 2.64. The van der Waals surface area contributed by atoms with Crippen molar-refractivity contribution in [1.29, 1.82) is 0 Å². The molecular weight excluding hydrogens is 466 g/mol. The molecule has 1 aromatic carbocycles. The van der Waals surface area contributed by atoms with E-state index < -0.39 is 14.9 Å². The van der Waals surface area contributed by atoms with Crippen LogP contribution in [-0.4, -0.2) is 64.4 Å². The van der Waals surface area contributed by atoms with Crippen LogP contribution in [0.4, 0.5) is 5.69 Å². The van der Waals surface area contributed by atoms with Crippen LogP contribution in [0.25, 0.3) is 5.69 Å². The van der Waals surface area contributed by atoms with Crippen LogP contribution in [0.15, 0.2) is 52.9 Å². The van der Waals surface area contributed by atoms with Gasteiger partial charge < -0.3 is 4.90 Å². The number of thiophene rings is 1. The highest BCUT2D eigenvalue weighted by Crippen LogP contribution is 2.28. The van der Waals surface area contributed by atoms with Crippen molar-refractivity contribution < 1.29 is 18.1 Å². The highest BCUT2D eigenvalue weighted by atomic mass is 35.5. The van der Waals surface area contributed by atoms with Crippen LogP contribution in [0.1, 0.15) is 10.5 Å². The first-order chi connectivity index (χ1) is 14.8. The van der Waals surface area contributed by atoms with E-state index in [1.807, 2.05) is 0 Å². The second kappa shape index (κ2) is 8.38. The lowest BCUT2D eigenvalue weighted by atomic mass is 10.3. The van der Waals surface area contributed by atoms with Gasteiger partial charge in [0.15, 0.2) is 5.69 Å². The Balaban J connectivity index is 1.44. The van der Waals surface area contributed by atoms with E-state index in [2.05, 4.69) is 5.10 Å². The van der Waals surface area contributed by atoms with Crippen LogP contribution >= 0.6 is 22.9 Å². The van der Waals surface area contributed by atoms with Crippen LogP contribution in [-0.2, 0) is 10.0 Å². The quantitative estimate of drug-likeness (QED) is 0.408. The number of non-ortho nitro benzene ring substituents is 1. The molecule has 0 bridgehead atoms. The number of rotatable bonds is 5. The van der Waals surface area contributed by atoms with Gasteiger partial charge in [0.25, 0.3) is 21.6 Å². The fourth-order valence-corrected chi connectivity index (χ4v) is 6.25. The van der Waals surface area contributed by atoms with Gasteiger partial charge in [-0.15, -0.1) is 11.3 Å². The number of aromatic nitrogens is 2. The number of carbonyl (C=O) groups is 1. The molecule has 0 radical (unpaired) electrons. The second-order valence-electron chi connectivity index (χ2n) is 6.68. The molecule has 0 unspecified atom stereocenters. The number of amides is 1. The summed E-state index contributed by atoms with van der Waals surface area (Å²) < 4.78 is 28.7. The molecule has 0 aliphatic carbocycles. The van der Waals surface area contributed by atoms with E-state index in [4.69, 9.17) is 11.6 Å². The van der Waals surface area contributed by atoms with Crippen molar-refractivity contribution in [3.8, 4) is 5.69 Å². The topological polar surface area (TPSA) is 119 Å². The molecule has 0 atom stereocenters. The summed E-state index contributed by atoms with van der Waals surface area (Å²) in [5, 5.41) is 15.2. The second-order valence-corrected chi connectivity index (χ2v) is 10.6. The Labute approximate surface area is 186 Å². The summed E-state index contributed by atoms with van der Waals surface area (Å²) in [5.74, 6) is -0.333. The van der Waals surface area contributed by atoms with Crippen molar-refractivity contribution in [2.75, 3.05) is 26.2 Å². The van der Waals surface area contributed by atoms with E-state index in [-0.39, 0.29) is 47.7 Å². The summed E-state index contributed by atoms with van der Waals surface area (Å²) in [7, 11) is -3.64. The van der Waals surface area contributed by atoms with Gasteiger partial charge in [0.1, 0.15) is 4.21 Å². The molecule has 2 aromatic heterocycles. The monoisotopic (exact) mass is 481 g/mol. The third-order valence-corrected chi connectivity index (χ3v) is 8.38. The van der Waals surface area contributed by atoms with Gasteiger partial charge in [-0.25, -0.2) is 13.1 Å². The summed E-state index contributed by atoms with van der Waals surface area (Å²) in [4.78, 5) is 24.8. The van der Waals surface area contributed by atoms with E-state index in [9.17, 15) is 23.3 Å². The van der Waals surface area contributed by atoms with Crippen LogP contribution in [0.5, 0.6) is 0 Å². The molecule has 3 heterocycles. The molecule has 1 saturated heterocycles. The molecule has 1 amide bonds. The lowest BCUT2D eigenvalue weighted by molar-refractivity contribution is -0.384. The number of hydrogen-bond donors (Lipinski definition) is 0. The first-order valence-corrected chi connectivity index (χ1v) is 11.7. The number of sulfonamides is 1. The minimum absolute atomic E-state index is 0.0785. The van der Waals surface area contributed by atoms with Crippen LogP contribution in [0, 0.1) is 10.1 Å². The summed E-state index contributed by atoms with van der Waals surface area (Å²) >= 11 is 6.84. The van der Waals surface area contributed by atoms with Crippen molar-refractivity contribution in [2.45, 2.75) is 4.21 Å². The molecule has 13 heteroatoms. The van der Waals surface area contributed by atoms with E-state index in [1.54, 1.807) is 12.3 Å². The summed E-state index contributed by atoms with van der Waals surface area (Å²) in [6.45, 7) is 0.770. The van der Waals surface area contributed by atoms with E-state index in [0.717, 1.165) is 11.3 Å². The predicted molar refractivity (Wildman–Crippen MR) is 114 cm³/mol. The molecule has 0 spiro atoms. The van der Waals surface area contributed by atoms with Gasteiger partial charge in [0.2, 0.25) is 0 Å². The zero-order valence-electron chi connectivity index (χ0n) is 15.9. The summed E-state index contributed by atoms with van der Waals surface area (Å²) in [5.41, 5.74) is 0.553. The van der Waals surface area contributed by atoms with Gasteiger partial charge in [-0.05, 0) is 24.3 Å². The van der Waals surface area contributed by atoms with Crippen LogP contribution in [0.3, 0.4) is 0 Å². The number of nitro benzene ring substituents is 1. The Morgan fingerprint density at radius 1 is 1.13 bits per heavy atom. The molecule has 1 aliphatic rings. The number of nitro groups is 1. The van der Waals surface area contributed by atoms with Crippen molar-refractivity contribution in [1.82, 2.24) is 19.0 Å². The van der Waals surface area contributed by atoms with E-state index in [0.29, 0.717) is 10.0 Å². The standard InChI is InChI=1S/C18H16ClN5O5S2/c19-16-4-5-17(30-16)31(28,29)22-10-8-21(9-11-22)18(25)15-6-7-23(20-15)13-2-1-3-14(12-13)24(26)27/h1-7,12H,8-11H2. The third kappa shape index (κ3) is 4.32. The Bertz CT molecular complexity index is 1250. The number of carbonyl (C=O) groups excluding carboxylic acids is 1. The Hall–Kier alpha value is -2.80. The van der Waals surface area contributed by atoms with Gasteiger partial charge in [0, 0.05) is 44.5 Å². The van der Waals surface area contributed by atoms with Gasteiger partial charge >= 0.3 is 0 Å². The highest BCUT2D eigenvalue weighted by molar-refractivity contribution is 7.91. The number of nitrogens with zero attached hydrogens (tertiary/aromatic N) is 5. The number of benzene rings is 1. The maximum absolute atomic E-state index is 12.8. The van der Waals surface area contributed by atoms with Gasteiger partial charge in [-0.3, -0.25) is 14.9 Å². The maximum Gasteiger partial charge on any atom is 0.274 e. The Morgan fingerprint density at radius 2 is 1.87 bits per heavy atom. The lowest BCUT2D eigenvalue weighted by Crippen LogP contribution is -2.50. The van der Waals surface area contributed by atoms with Crippen molar-refractivity contribution in [3.63, 3.8) is 0 Å². The molecule has 0 N–H and O–H groups in total. The molecule has 3 aromatic rings. The van der Waals surface area contributed by atoms with E-state index in [1.165, 1.54) is 50.3 Å². The molecule has 4 rings (SSSR count). The Morgan fingerprint density at radius 3 is 2.52 bits per heavy atom. The zero-order chi connectivity index (χ0) is 22.2. The summed E-state index contributed by atoms with van der Waals surface area (Å²) in [6.07, 6.45) is 1.55. The van der Waals surface area contributed by atoms with Crippen molar-refractivity contribution >= 4 is 44.6 Å². The normalized spacial score (nSPS) is 15.2. The SMILES string of the molecule is O=C(c1ccn(-c2cccc([N+](=O)[O-])c2)n1)N1CCN(S(=O)(=O)c2ccc(Cl)s2)CC1. The first kappa shape index (κ1) is 21.4.